The molecule has 0 bridgehead atoms. The third kappa shape index (κ3) is 6.41. The monoisotopic (exact) mass is 594 g/mol. The van der Waals surface area contributed by atoms with Gasteiger partial charge >= 0.3 is 0 Å². The zero-order valence-corrected chi connectivity index (χ0v) is 23.4. The number of primary amides is 1. The first-order valence-corrected chi connectivity index (χ1v) is 14.0. The quantitative estimate of drug-likeness (QED) is 0.113. The number of hydrogen-bond donors (Lipinski definition) is 3. The minimum absolute atomic E-state index is 0.0213. The molecule has 0 saturated carbocycles. The van der Waals surface area contributed by atoms with Crippen LogP contribution in [0.3, 0.4) is 0 Å². The van der Waals surface area contributed by atoms with Gasteiger partial charge in [0, 0.05) is 31.0 Å². The fourth-order valence-electron chi connectivity index (χ4n) is 4.73. The molecule has 0 spiro atoms. The number of hydrogen-bond acceptors (Lipinski definition) is 7. The molecule has 10 nitrogen and oxygen atoms in total. The van der Waals surface area contributed by atoms with Crippen molar-refractivity contribution in [2.75, 3.05) is 31.2 Å². The van der Waals surface area contributed by atoms with E-state index in [4.69, 9.17) is 10.7 Å². The molecule has 218 valence electrons. The Bertz CT molecular complexity index is 1550. The molecule has 1 aliphatic heterocycles. The number of carbonyl (C=O) groups excluding carboxylic acids is 3. The first-order valence-electron chi connectivity index (χ1n) is 12.7. The zero-order chi connectivity index (χ0) is 30.4. The number of rotatable bonds is 9. The number of aromatic nitrogens is 1. The summed E-state index contributed by atoms with van der Waals surface area (Å²) in [5, 5.41) is 12.7. The molecular formula is C29H28F2N6O4S. The van der Waals surface area contributed by atoms with Crippen LogP contribution in [-0.2, 0) is 14.4 Å². The number of amidine groups is 1. The highest BCUT2D eigenvalue weighted by atomic mass is 32.2. The second-order valence-electron chi connectivity index (χ2n) is 9.22. The minimum Gasteiger partial charge on any atom is -0.507 e. The third-order valence-electron chi connectivity index (χ3n) is 6.63. The highest BCUT2D eigenvalue weighted by molar-refractivity contribution is 7.98. The summed E-state index contributed by atoms with van der Waals surface area (Å²) >= 11 is 1.42. The molecule has 0 aliphatic carbocycles. The van der Waals surface area contributed by atoms with Gasteiger partial charge in [-0.1, -0.05) is 24.8 Å². The fraction of sp³-hybridized carbons (Fsp3) is 0.207. The van der Waals surface area contributed by atoms with E-state index in [1.807, 2.05) is 18.4 Å². The summed E-state index contributed by atoms with van der Waals surface area (Å²) in [6, 6.07) is 11.0. The first kappa shape index (κ1) is 30.2. The van der Waals surface area contributed by atoms with Crippen molar-refractivity contribution in [3.05, 3.63) is 78.4 Å². The lowest BCUT2D eigenvalue weighted by molar-refractivity contribution is -0.129. The zero-order valence-electron chi connectivity index (χ0n) is 22.6. The van der Waals surface area contributed by atoms with Crippen LogP contribution in [0.25, 0.3) is 11.3 Å². The van der Waals surface area contributed by atoms with Crippen LogP contribution in [0.4, 0.5) is 20.3 Å². The SMILES string of the molecule is C=CC(=O)N1CCN(/C(=N/c2ccccc2SC)c2cc(F)c(-c3c(O)cccc3F)nc2NC=O)C(CC(N)=O)C1. The highest BCUT2D eigenvalue weighted by Gasteiger charge is 2.34. The maximum absolute atomic E-state index is 15.8. The Kier molecular flexibility index (Phi) is 9.53. The molecule has 1 atom stereocenters. The van der Waals surface area contributed by atoms with E-state index in [1.54, 1.807) is 17.0 Å². The van der Waals surface area contributed by atoms with Gasteiger partial charge in [0.15, 0.2) is 5.82 Å². The van der Waals surface area contributed by atoms with Crippen molar-refractivity contribution in [1.82, 2.24) is 14.8 Å². The largest absolute Gasteiger partial charge is 0.507 e. The third-order valence-corrected chi connectivity index (χ3v) is 7.42. The molecule has 1 saturated heterocycles. The number of halogens is 2. The predicted molar refractivity (Wildman–Crippen MR) is 156 cm³/mol. The second kappa shape index (κ2) is 13.3. The number of thioether (sulfide) groups is 1. The van der Waals surface area contributed by atoms with Crippen LogP contribution in [0.5, 0.6) is 5.75 Å². The van der Waals surface area contributed by atoms with Crippen molar-refractivity contribution in [3.63, 3.8) is 0 Å². The van der Waals surface area contributed by atoms with E-state index in [1.165, 1.54) is 34.9 Å². The number of benzene rings is 2. The van der Waals surface area contributed by atoms with E-state index in [-0.39, 0.29) is 49.2 Å². The Morgan fingerprint density at radius 1 is 1.21 bits per heavy atom. The number of phenolic OH excluding ortho intramolecular Hbond substituents is 1. The van der Waals surface area contributed by atoms with E-state index in [9.17, 15) is 23.9 Å². The number of pyridine rings is 1. The Hall–Kier alpha value is -4.78. The predicted octanol–water partition coefficient (Wildman–Crippen LogP) is 3.68. The molecule has 2 heterocycles. The van der Waals surface area contributed by atoms with Gasteiger partial charge in [-0.15, -0.1) is 11.8 Å². The normalized spacial score (nSPS) is 15.3. The molecule has 1 aromatic heterocycles. The Balaban J connectivity index is 1.96. The standard InChI is InChI=1S/C29H28F2N6O4S/c1-3-25(41)36-11-12-37(17(15-36)13-24(32)40)29(34-21-8-4-5-10-23(21)42-2)18-14-20(31)27(35-28(18)33-16-38)26-19(30)7-6-9-22(26)39/h3-10,14,16-17,39H,1,11-13,15H2,2H3,(H2,32,40)(H,33,35,38)/b34-29+. The number of anilines is 1. The molecule has 0 radical (unpaired) electrons. The van der Waals surface area contributed by atoms with Crippen molar-refractivity contribution >= 4 is 47.3 Å². The van der Waals surface area contributed by atoms with Gasteiger partial charge in [-0.2, -0.15) is 0 Å². The molecule has 1 aliphatic rings. The molecular weight excluding hydrogens is 566 g/mol. The summed E-state index contributed by atoms with van der Waals surface area (Å²) in [5.41, 5.74) is 5.09. The number of aliphatic imine (C=N–C) groups is 1. The number of aromatic hydroxyl groups is 1. The molecule has 42 heavy (non-hydrogen) atoms. The summed E-state index contributed by atoms with van der Waals surface area (Å²) in [6.45, 7) is 4.00. The van der Waals surface area contributed by atoms with Crippen LogP contribution in [0.1, 0.15) is 12.0 Å². The summed E-state index contributed by atoms with van der Waals surface area (Å²) in [6.07, 6.45) is 3.18. The van der Waals surface area contributed by atoms with Gasteiger partial charge in [-0.05, 0) is 42.7 Å². The molecule has 4 rings (SSSR count). The van der Waals surface area contributed by atoms with E-state index in [0.29, 0.717) is 12.1 Å². The van der Waals surface area contributed by atoms with Gasteiger partial charge in [0.1, 0.15) is 28.9 Å². The molecule has 13 heteroatoms. The Morgan fingerprint density at radius 2 is 1.98 bits per heavy atom. The van der Waals surface area contributed by atoms with E-state index < -0.39 is 40.6 Å². The van der Waals surface area contributed by atoms with Crippen molar-refractivity contribution in [3.8, 4) is 17.0 Å². The van der Waals surface area contributed by atoms with Gasteiger partial charge in [-0.25, -0.2) is 18.8 Å². The number of carbonyl (C=O) groups is 3. The molecule has 3 amide bonds. The van der Waals surface area contributed by atoms with Crippen molar-refractivity contribution < 1.29 is 28.3 Å². The van der Waals surface area contributed by atoms with Gasteiger partial charge in [0.05, 0.1) is 22.9 Å². The molecule has 4 N–H and O–H groups in total. The molecule has 3 aromatic rings. The van der Waals surface area contributed by atoms with Gasteiger partial charge in [0.25, 0.3) is 0 Å². The number of para-hydroxylation sites is 1. The maximum Gasteiger partial charge on any atom is 0.246 e. The maximum atomic E-state index is 15.8. The van der Waals surface area contributed by atoms with Gasteiger partial charge in [-0.3, -0.25) is 14.4 Å². The number of piperazine rings is 1. The number of nitrogens with zero attached hydrogens (tertiary/aromatic N) is 4. The van der Waals surface area contributed by atoms with Crippen LogP contribution >= 0.6 is 11.8 Å². The molecule has 1 fully saturated rings. The number of amides is 3. The van der Waals surface area contributed by atoms with E-state index in [0.717, 1.165) is 17.0 Å². The van der Waals surface area contributed by atoms with E-state index in [2.05, 4.69) is 16.9 Å². The Morgan fingerprint density at radius 3 is 2.64 bits per heavy atom. The number of phenols is 1. The van der Waals surface area contributed by atoms with Crippen LogP contribution in [0, 0.1) is 11.6 Å². The second-order valence-corrected chi connectivity index (χ2v) is 10.1. The van der Waals surface area contributed by atoms with Crippen molar-refractivity contribution in [1.29, 1.82) is 0 Å². The molecule has 2 aromatic carbocycles. The number of nitrogens with two attached hydrogens (primary N) is 1. The lowest BCUT2D eigenvalue weighted by Crippen LogP contribution is -2.57. The Labute approximate surface area is 244 Å². The highest BCUT2D eigenvalue weighted by Crippen LogP contribution is 2.36. The van der Waals surface area contributed by atoms with Gasteiger partial charge < -0.3 is 26.0 Å². The molecule has 1 unspecified atom stereocenters. The average molecular weight is 595 g/mol. The fourth-order valence-corrected chi connectivity index (χ4v) is 5.27. The first-order chi connectivity index (χ1) is 20.2. The lowest BCUT2D eigenvalue weighted by Gasteiger charge is -2.42. The summed E-state index contributed by atoms with van der Waals surface area (Å²) < 4.78 is 30.5. The minimum atomic E-state index is -1.00. The van der Waals surface area contributed by atoms with Crippen LogP contribution in [0.15, 0.2) is 71.1 Å². The summed E-state index contributed by atoms with van der Waals surface area (Å²) in [4.78, 5) is 49.2. The van der Waals surface area contributed by atoms with E-state index >= 15 is 4.39 Å². The van der Waals surface area contributed by atoms with Crippen LogP contribution in [0.2, 0.25) is 0 Å². The number of nitrogens with one attached hydrogen (secondary N) is 1. The van der Waals surface area contributed by atoms with Crippen molar-refractivity contribution in [2.24, 2.45) is 10.7 Å². The smallest absolute Gasteiger partial charge is 0.246 e. The topological polar surface area (TPSA) is 141 Å². The van der Waals surface area contributed by atoms with Gasteiger partial charge in [0.2, 0.25) is 18.2 Å². The average Bonchev–Trinajstić information content (AvgIpc) is 2.97. The lowest BCUT2D eigenvalue weighted by atomic mass is 10.0. The van der Waals surface area contributed by atoms with Crippen LogP contribution < -0.4 is 11.1 Å². The van der Waals surface area contributed by atoms with Crippen LogP contribution in [-0.4, -0.2) is 75.9 Å². The summed E-state index contributed by atoms with van der Waals surface area (Å²) in [7, 11) is 0. The van der Waals surface area contributed by atoms with Crippen molar-refractivity contribution in [2.45, 2.75) is 17.4 Å². The summed E-state index contributed by atoms with van der Waals surface area (Å²) in [5.74, 6) is -3.47.